The number of nitrogens with zero attached hydrogens (tertiary/aromatic N) is 2. The molecule has 0 spiro atoms. The van der Waals surface area contributed by atoms with Crippen molar-refractivity contribution in [1.82, 2.24) is 0 Å². The summed E-state index contributed by atoms with van der Waals surface area (Å²) >= 11 is 0. The lowest BCUT2D eigenvalue weighted by Gasteiger charge is -2.53. The molecule has 0 bridgehead atoms. The predicted molar refractivity (Wildman–Crippen MR) is 163 cm³/mol. The Balaban J connectivity index is 1.53. The zero-order valence-corrected chi connectivity index (χ0v) is 23.2. The zero-order valence-electron chi connectivity index (χ0n) is 23.2. The molecule has 188 valence electrons. The van der Waals surface area contributed by atoms with Gasteiger partial charge in [-0.1, -0.05) is 74.4 Å². The van der Waals surface area contributed by atoms with Crippen LogP contribution >= 0.6 is 0 Å². The van der Waals surface area contributed by atoms with Gasteiger partial charge in [0.1, 0.15) is 0 Å². The third-order valence-electron chi connectivity index (χ3n) is 10.7. The smallest absolute Gasteiger partial charge is 0.252 e. The number of rotatable bonds is 1. The summed E-state index contributed by atoms with van der Waals surface area (Å²) in [5.41, 5.74) is 17.1. The van der Waals surface area contributed by atoms with Crippen LogP contribution in [-0.2, 0) is 5.41 Å². The van der Waals surface area contributed by atoms with E-state index in [1.807, 2.05) is 0 Å². The topological polar surface area (TPSA) is 6.48 Å². The van der Waals surface area contributed by atoms with E-state index in [-0.39, 0.29) is 17.7 Å². The Morgan fingerprint density at radius 2 is 1.37 bits per heavy atom. The highest BCUT2D eigenvalue weighted by Crippen LogP contribution is 2.61. The average Bonchev–Trinajstić information content (AvgIpc) is 3.12. The fraction of sp³-hybridized carbons (Fsp3) is 0.314. The number of para-hydroxylation sites is 3. The van der Waals surface area contributed by atoms with E-state index in [0.29, 0.717) is 0 Å². The highest BCUT2D eigenvalue weighted by Gasteiger charge is 2.61. The summed E-state index contributed by atoms with van der Waals surface area (Å²) in [6.07, 6.45) is 5.13. The monoisotopic (exact) mass is 494 g/mol. The standard InChI is InChI=1S/C35H35BN2/c1-22-20-29-31-30(21-22)38-33-25(34(4)18-8-9-19-35(34,38)5)14-11-16-27(33)36(31)26-15-10-13-24(3)32(26)37(29)28-17-7-6-12-23(28)2/h6-7,10-17,20-21H,8-9,18-19H2,1-5H3. The molecule has 4 aromatic carbocycles. The molecule has 2 nitrogen and oxygen atoms in total. The zero-order chi connectivity index (χ0) is 26.0. The van der Waals surface area contributed by atoms with Gasteiger partial charge in [-0.15, -0.1) is 0 Å². The van der Waals surface area contributed by atoms with Gasteiger partial charge >= 0.3 is 0 Å². The number of anilines is 5. The number of hydrogen-bond donors (Lipinski definition) is 0. The lowest BCUT2D eigenvalue weighted by molar-refractivity contribution is 0.195. The van der Waals surface area contributed by atoms with Crippen LogP contribution in [0.5, 0.6) is 0 Å². The summed E-state index contributed by atoms with van der Waals surface area (Å²) in [6.45, 7) is 12.2. The van der Waals surface area contributed by atoms with Gasteiger partial charge in [0.25, 0.3) is 6.71 Å². The largest absolute Gasteiger partial charge is 0.335 e. The molecule has 0 aromatic heterocycles. The maximum absolute atomic E-state index is 2.82. The summed E-state index contributed by atoms with van der Waals surface area (Å²) in [5.74, 6) is 0. The van der Waals surface area contributed by atoms with E-state index < -0.39 is 0 Å². The van der Waals surface area contributed by atoms with Crippen molar-refractivity contribution >= 4 is 51.5 Å². The van der Waals surface area contributed by atoms with E-state index in [2.05, 4.69) is 117 Å². The van der Waals surface area contributed by atoms with Crippen LogP contribution in [-0.4, -0.2) is 12.3 Å². The van der Waals surface area contributed by atoms with E-state index in [1.54, 1.807) is 5.56 Å². The minimum atomic E-state index is 0.0800. The van der Waals surface area contributed by atoms with Crippen LogP contribution in [0.2, 0.25) is 0 Å². The van der Waals surface area contributed by atoms with Crippen molar-refractivity contribution < 1.29 is 0 Å². The third kappa shape index (κ3) is 2.51. The molecule has 0 radical (unpaired) electrons. The van der Waals surface area contributed by atoms with Crippen LogP contribution in [0, 0.1) is 20.8 Å². The summed E-state index contributed by atoms with van der Waals surface area (Å²) in [5, 5.41) is 0. The van der Waals surface area contributed by atoms with E-state index in [4.69, 9.17) is 0 Å². The van der Waals surface area contributed by atoms with Crippen LogP contribution in [0.1, 0.15) is 61.8 Å². The molecule has 2 unspecified atom stereocenters. The quantitative estimate of drug-likeness (QED) is 0.232. The predicted octanol–water partition coefficient (Wildman–Crippen LogP) is 6.97. The molecule has 1 fully saturated rings. The summed E-state index contributed by atoms with van der Waals surface area (Å²) in [4.78, 5) is 5.39. The highest BCUT2D eigenvalue weighted by molar-refractivity contribution is 7.00. The Labute approximate surface area is 227 Å². The molecule has 3 heteroatoms. The van der Waals surface area contributed by atoms with Crippen molar-refractivity contribution in [3.05, 3.63) is 95.1 Å². The Kier molecular flexibility index (Phi) is 4.35. The van der Waals surface area contributed by atoms with Crippen molar-refractivity contribution in [2.75, 3.05) is 9.80 Å². The highest BCUT2D eigenvalue weighted by atomic mass is 15.3. The lowest BCUT2D eigenvalue weighted by Crippen LogP contribution is -2.64. The maximum Gasteiger partial charge on any atom is 0.252 e. The van der Waals surface area contributed by atoms with Gasteiger partial charge in [-0.2, -0.15) is 0 Å². The van der Waals surface area contributed by atoms with E-state index in [9.17, 15) is 0 Å². The summed E-state index contributed by atoms with van der Waals surface area (Å²) in [7, 11) is 0. The number of hydrogen-bond acceptors (Lipinski definition) is 2. The number of fused-ring (bicyclic) bond motifs is 7. The number of benzene rings is 4. The Morgan fingerprint density at radius 1 is 0.684 bits per heavy atom. The second kappa shape index (κ2) is 7.35. The van der Waals surface area contributed by atoms with E-state index >= 15 is 0 Å². The molecule has 4 aromatic rings. The van der Waals surface area contributed by atoms with Gasteiger partial charge in [-0.3, -0.25) is 0 Å². The first-order valence-electron chi connectivity index (χ1n) is 14.4. The molecule has 3 heterocycles. The molecule has 4 aliphatic rings. The maximum atomic E-state index is 2.82. The Morgan fingerprint density at radius 3 is 2.18 bits per heavy atom. The van der Waals surface area contributed by atoms with Crippen molar-refractivity contribution in [3.63, 3.8) is 0 Å². The van der Waals surface area contributed by atoms with Crippen LogP contribution in [0.4, 0.5) is 28.4 Å². The van der Waals surface area contributed by atoms with Gasteiger partial charge in [0, 0.05) is 33.9 Å². The molecule has 0 N–H and O–H groups in total. The molecule has 1 aliphatic carbocycles. The van der Waals surface area contributed by atoms with E-state index in [0.717, 1.165) is 0 Å². The van der Waals surface area contributed by atoms with Crippen LogP contribution in [0.15, 0.2) is 72.8 Å². The van der Waals surface area contributed by atoms with Gasteiger partial charge in [0.05, 0.1) is 5.54 Å². The first kappa shape index (κ1) is 22.5. The normalized spacial score (nSPS) is 24.1. The molecule has 0 saturated heterocycles. The molecule has 2 atom stereocenters. The fourth-order valence-corrected chi connectivity index (χ4v) is 8.71. The average molecular weight is 494 g/mol. The Bertz CT molecular complexity index is 1670. The van der Waals surface area contributed by atoms with Crippen molar-refractivity contribution in [1.29, 1.82) is 0 Å². The van der Waals surface area contributed by atoms with Crippen molar-refractivity contribution in [2.24, 2.45) is 0 Å². The molecular formula is C35H35BN2. The van der Waals surface area contributed by atoms with Crippen molar-refractivity contribution in [3.8, 4) is 0 Å². The van der Waals surface area contributed by atoms with Gasteiger partial charge in [-0.25, -0.2) is 0 Å². The fourth-order valence-electron chi connectivity index (χ4n) is 8.71. The SMILES string of the molecule is Cc1cc2c3c(c1)N1c4c(cccc4C4(C)CCCCC14C)B3c1cccc(C)c1N2c1ccccc1C. The lowest BCUT2D eigenvalue weighted by atomic mass is 9.33. The van der Waals surface area contributed by atoms with Gasteiger partial charge in [0.2, 0.25) is 0 Å². The van der Waals surface area contributed by atoms with Gasteiger partial charge in [-0.05, 0) is 97.4 Å². The minimum absolute atomic E-state index is 0.0800. The summed E-state index contributed by atoms with van der Waals surface area (Å²) < 4.78 is 0. The van der Waals surface area contributed by atoms with E-state index in [1.165, 1.54) is 87.2 Å². The first-order valence-corrected chi connectivity index (χ1v) is 14.4. The second-order valence-corrected chi connectivity index (χ2v) is 12.7. The molecular weight excluding hydrogens is 459 g/mol. The van der Waals surface area contributed by atoms with Gasteiger partial charge in [0.15, 0.2) is 0 Å². The Hall–Kier alpha value is -3.46. The first-order chi connectivity index (χ1) is 18.3. The minimum Gasteiger partial charge on any atom is -0.335 e. The molecule has 38 heavy (non-hydrogen) atoms. The molecule has 3 aliphatic heterocycles. The van der Waals surface area contributed by atoms with Crippen LogP contribution in [0.3, 0.4) is 0 Å². The molecule has 8 rings (SSSR count). The van der Waals surface area contributed by atoms with Crippen molar-refractivity contribution in [2.45, 2.75) is 71.3 Å². The third-order valence-corrected chi connectivity index (χ3v) is 10.7. The molecule has 1 saturated carbocycles. The van der Waals surface area contributed by atoms with Crippen LogP contribution in [0.25, 0.3) is 0 Å². The molecule has 0 amide bonds. The van der Waals surface area contributed by atoms with Gasteiger partial charge < -0.3 is 9.80 Å². The van der Waals surface area contributed by atoms with Crippen LogP contribution < -0.4 is 26.2 Å². The summed E-state index contributed by atoms with van der Waals surface area (Å²) in [6, 6.07) is 28.0. The second-order valence-electron chi connectivity index (χ2n) is 12.7. The number of aryl methyl sites for hydroxylation is 3.